The largest absolute Gasteiger partial charge is 0.323 e. The fourth-order valence-electron chi connectivity index (χ4n) is 2.39. The van der Waals surface area contributed by atoms with Crippen LogP contribution in [0.3, 0.4) is 0 Å². The van der Waals surface area contributed by atoms with Crippen LogP contribution in [-0.4, -0.2) is 9.78 Å². The lowest BCUT2D eigenvalue weighted by molar-refractivity contribution is 0.509. The van der Waals surface area contributed by atoms with Crippen molar-refractivity contribution < 1.29 is 8.78 Å². The summed E-state index contributed by atoms with van der Waals surface area (Å²) in [5, 5.41) is 4.36. The molecule has 2 rings (SSSR count). The second kappa shape index (κ2) is 6.23. The molecular weight excluding hydrogens is 340 g/mol. The SMILES string of the molecule is CCn1nc(C)c(Br)c1CC(N)c1c(F)ccc(C)c1F. The molecule has 0 amide bonds. The monoisotopic (exact) mass is 357 g/mol. The van der Waals surface area contributed by atoms with Crippen LogP contribution in [0.15, 0.2) is 16.6 Å². The molecule has 2 aromatic rings. The first-order chi connectivity index (χ1) is 9.86. The van der Waals surface area contributed by atoms with Crippen LogP contribution in [0.4, 0.5) is 8.78 Å². The summed E-state index contributed by atoms with van der Waals surface area (Å²) in [6.45, 7) is 6.11. The van der Waals surface area contributed by atoms with E-state index in [1.54, 1.807) is 11.6 Å². The van der Waals surface area contributed by atoms with Crippen LogP contribution in [0.25, 0.3) is 0 Å². The number of rotatable bonds is 4. The van der Waals surface area contributed by atoms with Crippen LogP contribution in [-0.2, 0) is 13.0 Å². The Labute approximate surface area is 131 Å². The molecule has 1 atom stereocenters. The second-order valence-electron chi connectivity index (χ2n) is 5.06. The minimum absolute atomic E-state index is 0.0663. The summed E-state index contributed by atoms with van der Waals surface area (Å²) in [5.74, 6) is -1.18. The predicted octanol–water partition coefficient (Wildman–Crippen LogP) is 3.80. The molecule has 0 aliphatic rings. The van der Waals surface area contributed by atoms with E-state index in [4.69, 9.17) is 5.73 Å². The van der Waals surface area contributed by atoms with Gasteiger partial charge in [0.2, 0.25) is 0 Å². The maximum absolute atomic E-state index is 14.1. The highest BCUT2D eigenvalue weighted by Crippen LogP contribution is 2.28. The normalized spacial score (nSPS) is 12.7. The highest BCUT2D eigenvalue weighted by atomic mass is 79.9. The van der Waals surface area contributed by atoms with Gasteiger partial charge in [-0.1, -0.05) is 6.07 Å². The van der Waals surface area contributed by atoms with Gasteiger partial charge in [-0.25, -0.2) is 8.78 Å². The van der Waals surface area contributed by atoms with Gasteiger partial charge in [-0.05, 0) is 48.3 Å². The highest BCUT2D eigenvalue weighted by Gasteiger charge is 2.22. The van der Waals surface area contributed by atoms with Crippen molar-refractivity contribution in [3.63, 3.8) is 0 Å². The van der Waals surface area contributed by atoms with E-state index in [2.05, 4.69) is 21.0 Å². The maximum atomic E-state index is 14.1. The van der Waals surface area contributed by atoms with Crippen molar-refractivity contribution in [2.45, 2.75) is 39.8 Å². The van der Waals surface area contributed by atoms with E-state index in [0.29, 0.717) is 18.5 Å². The van der Waals surface area contributed by atoms with Crippen molar-refractivity contribution >= 4 is 15.9 Å². The van der Waals surface area contributed by atoms with Crippen LogP contribution in [0.5, 0.6) is 0 Å². The molecule has 0 saturated heterocycles. The summed E-state index contributed by atoms with van der Waals surface area (Å²) in [5.41, 5.74) is 8.07. The van der Waals surface area contributed by atoms with Crippen LogP contribution < -0.4 is 5.73 Å². The molecule has 1 aromatic heterocycles. The average Bonchev–Trinajstić information content (AvgIpc) is 2.71. The van der Waals surface area contributed by atoms with Gasteiger partial charge in [0.1, 0.15) is 11.6 Å². The minimum Gasteiger partial charge on any atom is -0.323 e. The fourth-order valence-corrected chi connectivity index (χ4v) is 2.84. The van der Waals surface area contributed by atoms with E-state index in [0.717, 1.165) is 15.9 Å². The summed E-state index contributed by atoms with van der Waals surface area (Å²) in [6, 6.07) is 1.91. The molecule has 0 bridgehead atoms. The zero-order valence-electron chi connectivity index (χ0n) is 12.3. The number of hydrogen-bond acceptors (Lipinski definition) is 2. The number of nitrogens with two attached hydrogens (primary N) is 1. The molecule has 0 spiro atoms. The van der Waals surface area contributed by atoms with E-state index in [9.17, 15) is 8.78 Å². The molecular formula is C15H18BrF2N3. The molecule has 0 aliphatic heterocycles. The molecule has 21 heavy (non-hydrogen) atoms. The molecule has 0 fully saturated rings. The van der Waals surface area contributed by atoms with E-state index in [1.807, 2.05) is 13.8 Å². The van der Waals surface area contributed by atoms with Gasteiger partial charge in [-0.2, -0.15) is 5.10 Å². The van der Waals surface area contributed by atoms with Gasteiger partial charge in [0.25, 0.3) is 0 Å². The van der Waals surface area contributed by atoms with Crippen molar-refractivity contribution in [2.24, 2.45) is 5.73 Å². The molecule has 3 nitrogen and oxygen atoms in total. The summed E-state index contributed by atoms with van der Waals surface area (Å²) in [6.07, 6.45) is 0.312. The number of aryl methyl sites for hydroxylation is 3. The minimum atomic E-state index is -0.761. The molecule has 1 aromatic carbocycles. The average molecular weight is 358 g/mol. The third-order valence-electron chi connectivity index (χ3n) is 3.56. The first-order valence-corrected chi connectivity index (χ1v) is 7.57. The highest BCUT2D eigenvalue weighted by molar-refractivity contribution is 9.10. The molecule has 0 radical (unpaired) electrons. The Morgan fingerprint density at radius 2 is 2.00 bits per heavy atom. The summed E-state index contributed by atoms with van der Waals surface area (Å²) < 4.78 is 30.7. The Balaban J connectivity index is 2.39. The third kappa shape index (κ3) is 3.01. The number of halogens is 3. The molecule has 1 unspecified atom stereocenters. The second-order valence-corrected chi connectivity index (χ2v) is 5.86. The van der Waals surface area contributed by atoms with Gasteiger partial charge >= 0.3 is 0 Å². The fraction of sp³-hybridized carbons (Fsp3) is 0.400. The van der Waals surface area contributed by atoms with Crippen LogP contribution in [0.2, 0.25) is 0 Å². The smallest absolute Gasteiger partial charge is 0.133 e. The van der Waals surface area contributed by atoms with E-state index >= 15 is 0 Å². The number of nitrogens with zero attached hydrogens (tertiary/aromatic N) is 2. The molecule has 1 heterocycles. The van der Waals surface area contributed by atoms with Crippen LogP contribution in [0.1, 0.15) is 35.5 Å². The van der Waals surface area contributed by atoms with E-state index < -0.39 is 17.7 Å². The van der Waals surface area contributed by atoms with Crippen LogP contribution in [0, 0.1) is 25.5 Å². The van der Waals surface area contributed by atoms with Gasteiger partial charge in [-0.15, -0.1) is 0 Å². The van der Waals surface area contributed by atoms with Crippen molar-refractivity contribution in [2.75, 3.05) is 0 Å². The Bertz CT molecular complexity index is 667. The number of aromatic nitrogens is 2. The zero-order chi connectivity index (χ0) is 15.7. The molecule has 2 N–H and O–H groups in total. The van der Waals surface area contributed by atoms with Crippen LogP contribution >= 0.6 is 15.9 Å². The quantitative estimate of drug-likeness (QED) is 0.904. The molecule has 0 saturated carbocycles. The van der Waals surface area contributed by atoms with Crippen molar-refractivity contribution in [1.29, 1.82) is 0 Å². The van der Waals surface area contributed by atoms with Gasteiger partial charge in [0.15, 0.2) is 0 Å². The molecule has 0 aliphatic carbocycles. The van der Waals surface area contributed by atoms with Gasteiger partial charge in [0, 0.05) is 24.6 Å². The standard InChI is InChI=1S/C15H18BrF2N3/c1-4-21-12(14(16)9(3)20-21)7-11(19)13-10(17)6-5-8(2)15(13)18/h5-6,11H,4,7,19H2,1-3H3. The van der Waals surface area contributed by atoms with Crippen molar-refractivity contribution in [3.8, 4) is 0 Å². The summed E-state index contributed by atoms with van der Waals surface area (Å²) in [7, 11) is 0. The Kier molecular flexibility index (Phi) is 4.78. The zero-order valence-corrected chi connectivity index (χ0v) is 13.8. The Morgan fingerprint density at radius 3 is 2.62 bits per heavy atom. The van der Waals surface area contributed by atoms with Gasteiger partial charge < -0.3 is 5.73 Å². The first-order valence-electron chi connectivity index (χ1n) is 6.78. The Hall–Kier alpha value is -1.27. The summed E-state index contributed by atoms with van der Waals surface area (Å²) in [4.78, 5) is 0. The third-order valence-corrected chi connectivity index (χ3v) is 4.59. The topological polar surface area (TPSA) is 43.8 Å². The maximum Gasteiger partial charge on any atom is 0.133 e. The lowest BCUT2D eigenvalue weighted by atomic mass is 9.99. The first kappa shape index (κ1) is 16.1. The number of benzene rings is 1. The molecule has 6 heteroatoms. The van der Waals surface area contributed by atoms with Crippen molar-refractivity contribution in [1.82, 2.24) is 9.78 Å². The predicted molar refractivity (Wildman–Crippen MR) is 82.1 cm³/mol. The van der Waals surface area contributed by atoms with Gasteiger partial charge in [-0.3, -0.25) is 4.68 Å². The lowest BCUT2D eigenvalue weighted by Crippen LogP contribution is -2.19. The van der Waals surface area contributed by atoms with Crippen molar-refractivity contribution in [3.05, 3.63) is 50.8 Å². The Morgan fingerprint density at radius 1 is 1.33 bits per heavy atom. The lowest BCUT2D eigenvalue weighted by Gasteiger charge is -2.16. The molecule has 114 valence electrons. The van der Waals surface area contributed by atoms with E-state index in [-0.39, 0.29) is 5.56 Å². The summed E-state index contributed by atoms with van der Waals surface area (Å²) >= 11 is 3.47. The van der Waals surface area contributed by atoms with E-state index in [1.165, 1.54) is 12.1 Å². The number of hydrogen-bond donors (Lipinski definition) is 1. The van der Waals surface area contributed by atoms with Gasteiger partial charge in [0.05, 0.1) is 15.9 Å².